The van der Waals surface area contributed by atoms with Crippen molar-refractivity contribution in [1.82, 2.24) is 19.9 Å². The molecule has 4 aromatic heterocycles. The molecule has 1 aliphatic carbocycles. The first-order chi connectivity index (χ1) is 56.4. The molecule has 14 nitrogen and oxygen atoms in total. The molecule has 0 amide bonds. The topological polar surface area (TPSA) is 144 Å². The highest BCUT2D eigenvalue weighted by Gasteiger charge is 2.56. The zero-order valence-corrected chi connectivity index (χ0v) is 68.6. The van der Waals surface area contributed by atoms with E-state index >= 15 is 0 Å². The molecule has 9 heterocycles. The highest BCUT2D eigenvalue weighted by Crippen LogP contribution is 2.49. The van der Waals surface area contributed by atoms with Gasteiger partial charge in [-0.3, -0.25) is 19.9 Å². The van der Waals surface area contributed by atoms with Crippen molar-refractivity contribution in [2.75, 3.05) is 0 Å². The van der Waals surface area contributed by atoms with E-state index in [1.165, 1.54) is 33.0 Å². The smallest absolute Gasteiger partial charge is 0.399 e. The van der Waals surface area contributed by atoms with E-state index in [1.54, 1.807) is 58.7 Å². The van der Waals surface area contributed by atoms with Gasteiger partial charge in [-0.2, -0.15) is 0 Å². The summed E-state index contributed by atoms with van der Waals surface area (Å²) in [4.78, 5) is 17.2. The van der Waals surface area contributed by atoms with Crippen molar-refractivity contribution in [3.05, 3.63) is 248 Å². The Balaban J connectivity index is 0.000000126. The standard InChI is InChI=1S/C25H27BO2.C22H23BN2O2.C20H21BO2.C15H18BNO2.C11H16BNO2/c1-23(2)20-12-8-10-16-9-7-11-19(22(16)20)18-14-13-17(15-21(18)23)26-27-24(3,4)25(5,6)28-26;1-21(2)22(3,4)27-23(26-21)18-14-16(19-9-5-7-11-24-19)13-17(15-18)20-10-6-8-12-25-20;1-19(2)20(3,4)23-21(22-19)18-13-14-9-5-6-10-15(14)16-11-7-8-12-17(16)18;1-14(2)15(3,4)19-16(18-14)13-6-5-12-10-17-8-7-11(12)9-13;1-10(2)11(3,4)15-12(14-10)9-6-5-7-13-8-9/h7-15H,1-6H3;5-15H,1-4H3;5-13H,1-4H3;5-10H,1-4H3;5-8H,1-4H3/i;;5D,6D,7D,8D,9D,10D,11D,12D,13D;;. The van der Waals surface area contributed by atoms with Crippen molar-refractivity contribution >= 4 is 106 Å². The third-order valence-corrected chi connectivity index (χ3v) is 24.6. The molecule has 0 radical (unpaired) electrons. The number of benzene rings is 8. The van der Waals surface area contributed by atoms with Gasteiger partial charge in [-0.05, 0) is 268 Å². The molecular formula is C93H105B5N4O10. The van der Waals surface area contributed by atoms with E-state index in [2.05, 4.69) is 202 Å². The molecule has 0 spiro atoms. The normalized spacial score (nSPS) is 21.3. The summed E-state index contributed by atoms with van der Waals surface area (Å²) in [5.41, 5.74) is 9.04. The summed E-state index contributed by atoms with van der Waals surface area (Å²) < 4.78 is 136. The van der Waals surface area contributed by atoms with Gasteiger partial charge in [0.15, 0.2) is 0 Å². The lowest BCUT2D eigenvalue weighted by Crippen LogP contribution is -2.41. The predicted octanol–water partition coefficient (Wildman–Crippen LogP) is 17.8. The molecule has 5 fully saturated rings. The summed E-state index contributed by atoms with van der Waals surface area (Å²) in [6, 6.07) is 46.0. The van der Waals surface area contributed by atoms with Crippen LogP contribution in [0.2, 0.25) is 0 Å². The second-order valence-electron chi connectivity index (χ2n) is 35.2. The van der Waals surface area contributed by atoms with Gasteiger partial charge < -0.3 is 46.5 Å². The Hall–Kier alpha value is -8.68. The number of hydrogen-bond acceptors (Lipinski definition) is 14. The molecule has 6 aliphatic rings. The minimum Gasteiger partial charge on any atom is -0.399 e. The Morgan fingerprint density at radius 2 is 0.750 bits per heavy atom. The van der Waals surface area contributed by atoms with Gasteiger partial charge >= 0.3 is 35.6 Å². The van der Waals surface area contributed by atoms with Crippen molar-refractivity contribution in [2.24, 2.45) is 0 Å². The molecule has 0 N–H and O–H groups in total. The van der Waals surface area contributed by atoms with Crippen LogP contribution in [0.4, 0.5) is 0 Å². The lowest BCUT2D eigenvalue weighted by atomic mass is 9.66. The molecule has 0 atom stereocenters. The summed E-state index contributed by atoms with van der Waals surface area (Å²) >= 11 is 0. The first-order valence-electron chi connectivity index (χ1n) is 43.0. The number of pyridine rings is 4. The fourth-order valence-electron chi connectivity index (χ4n) is 14.2. The number of nitrogens with zero attached hydrogens (tertiary/aromatic N) is 4. The van der Waals surface area contributed by atoms with Crippen LogP contribution in [0.3, 0.4) is 0 Å². The molecule has 0 unspecified atom stereocenters. The zero-order chi connectivity index (χ0) is 87.8. The summed E-state index contributed by atoms with van der Waals surface area (Å²) in [6.07, 6.45) is 10.8. The first-order valence-corrected chi connectivity index (χ1v) is 38.5. The zero-order valence-electron chi connectivity index (χ0n) is 77.6. The van der Waals surface area contributed by atoms with Gasteiger partial charge in [-0.1, -0.05) is 171 Å². The Bertz CT molecular complexity index is 5870. The third kappa shape index (κ3) is 15.4. The molecule has 112 heavy (non-hydrogen) atoms. The fourth-order valence-corrected chi connectivity index (χ4v) is 14.2. The maximum absolute atomic E-state index is 8.88. The van der Waals surface area contributed by atoms with E-state index in [4.69, 9.17) is 58.9 Å². The molecule has 5 saturated heterocycles. The average Bonchev–Trinajstić information content (AvgIpc) is 1.57. The fraction of sp³-hybridized carbons (Fsp3) is 0.355. The molecule has 8 aromatic carbocycles. The number of fused-ring (bicyclic) bond motifs is 6. The van der Waals surface area contributed by atoms with Crippen LogP contribution in [0, 0.1) is 0 Å². The molecule has 5 aliphatic heterocycles. The molecule has 0 saturated carbocycles. The summed E-state index contributed by atoms with van der Waals surface area (Å²) in [5.74, 6) is 0. The first kappa shape index (κ1) is 68.9. The molecular weight excluding hydrogens is 1390 g/mol. The van der Waals surface area contributed by atoms with Crippen molar-refractivity contribution in [1.29, 1.82) is 0 Å². The van der Waals surface area contributed by atoms with Crippen molar-refractivity contribution in [2.45, 2.75) is 214 Å². The van der Waals surface area contributed by atoms with E-state index < -0.39 is 73.8 Å². The Labute approximate surface area is 677 Å². The van der Waals surface area contributed by atoms with Gasteiger partial charge in [0.05, 0.1) is 79.7 Å². The Morgan fingerprint density at radius 3 is 1.26 bits per heavy atom. The Kier molecular flexibility index (Phi) is 18.2. The van der Waals surface area contributed by atoms with Crippen LogP contribution in [0.25, 0.3) is 76.7 Å². The molecule has 572 valence electrons. The maximum atomic E-state index is 8.88. The van der Waals surface area contributed by atoms with Gasteiger partial charge in [0, 0.05) is 59.2 Å². The van der Waals surface area contributed by atoms with Gasteiger partial charge in [0.2, 0.25) is 0 Å². The number of hydrogen-bond donors (Lipinski definition) is 0. The molecule has 18 rings (SSSR count). The van der Waals surface area contributed by atoms with E-state index in [-0.39, 0.29) is 105 Å². The number of rotatable bonds is 7. The van der Waals surface area contributed by atoms with Crippen molar-refractivity contribution in [3.8, 4) is 33.6 Å². The second kappa shape index (κ2) is 29.6. The maximum Gasteiger partial charge on any atom is 0.496 e. The van der Waals surface area contributed by atoms with Crippen LogP contribution in [0.5, 0.6) is 0 Å². The van der Waals surface area contributed by atoms with Crippen LogP contribution in [0.15, 0.2) is 237 Å². The predicted molar refractivity (Wildman–Crippen MR) is 460 cm³/mol. The monoisotopic (exact) mass is 1500 g/mol. The van der Waals surface area contributed by atoms with Crippen LogP contribution in [-0.4, -0.2) is 112 Å². The third-order valence-electron chi connectivity index (χ3n) is 24.6. The van der Waals surface area contributed by atoms with Gasteiger partial charge in [0.25, 0.3) is 0 Å². The average molecular weight is 1500 g/mol. The quantitative estimate of drug-likeness (QED) is 0.110. The lowest BCUT2D eigenvalue weighted by Gasteiger charge is -2.35. The second-order valence-corrected chi connectivity index (χ2v) is 35.2. The van der Waals surface area contributed by atoms with Gasteiger partial charge in [-0.15, -0.1) is 0 Å². The van der Waals surface area contributed by atoms with E-state index in [9.17, 15) is 0 Å². The van der Waals surface area contributed by atoms with Gasteiger partial charge in [-0.25, -0.2) is 0 Å². The lowest BCUT2D eigenvalue weighted by molar-refractivity contribution is 0.00578. The minimum atomic E-state index is -1.17. The Morgan fingerprint density at radius 1 is 0.295 bits per heavy atom. The highest BCUT2D eigenvalue weighted by molar-refractivity contribution is 6.66. The van der Waals surface area contributed by atoms with E-state index in [1.807, 2.05) is 94.6 Å². The van der Waals surface area contributed by atoms with Crippen LogP contribution in [-0.2, 0) is 52.0 Å². The summed E-state index contributed by atoms with van der Waals surface area (Å²) in [7, 11) is -2.54. The van der Waals surface area contributed by atoms with Gasteiger partial charge in [0.1, 0.15) is 0 Å². The molecule has 12 aromatic rings. The SMILES string of the molecule is CC1(C)OB(c2cc(-c3ccccn3)cc(-c3ccccn3)c2)OC1(C)C.CC1(C)OB(c2ccc3cnccc3c2)OC1(C)C.CC1(C)OB(c2cccnc2)OC1(C)C.CC1(C)c2cc(B3OC(C)(C)C(C)(C)O3)ccc2-c2cccc3cccc1c23.[2H]c1c([2H])c([2H])c2c(c1[2H])c([2H])c(B1OC(C)(C)C(C)(C)O1)c1c([2H])c([2H])c([2H])c([2H])c12. The van der Waals surface area contributed by atoms with Crippen LogP contribution < -0.4 is 27.3 Å². The minimum absolute atomic E-state index is 0.0168. The number of aromatic nitrogens is 4. The van der Waals surface area contributed by atoms with E-state index in [0.717, 1.165) is 55.1 Å². The largest absolute Gasteiger partial charge is 0.496 e. The molecule has 19 heteroatoms. The molecule has 0 bridgehead atoms. The highest BCUT2D eigenvalue weighted by atomic mass is 16.7. The van der Waals surface area contributed by atoms with Crippen LogP contribution in [0.1, 0.15) is 176 Å². The summed E-state index contributed by atoms with van der Waals surface area (Å²) in [5, 5.41) is 4.58. The van der Waals surface area contributed by atoms with Crippen molar-refractivity contribution in [3.63, 3.8) is 0 Å². The van der Waals surface area contributed by atoms with E-state index in [0.29, 0.717) is 0 Å². The summed E-state index contributed by atoms with van der Waals surface area (Å²) in [6.45, 7) is 45.0. The van der Waals surface area contributed by atoms with Crippen molar-refractivity contribution < 1.29 is 58.9 Å². The van der Waals surface area contributed by atoms with Crippen LogP contribution >= 0.6 is 0 Å².